The topological polar surface area (TPSA) is 124 Å². The number of benzene rings is 4. The Morgan fingerprint density at radius 1 is 0.762 bits per heavy atom. The van der Waals surface area contributed by atoms with Crippen molar-refractivity contribution in [2.24, 2.45) is 0 Å². The van der Waals surface area contributed by atoms with Gasteiger partial charge in [0.2, 0.25) is 0 Å². The van der Waals surface area contributed by atoms with E-state index in [1.807, 2.05) is 23.1 Å². The van der Waals surface area contributed by atoms with Crippen LogP contribution in [0.2, 0.25) is 10.0 Å². The number of nitrogens with zero attached hydrogens (tertiary/aromatic N) is 1. The number of carboxylic acid groups (broad SMARTS) is 2. The van der Waals surface area contributed by atoms with Crippen LogP contribution in [0.25, 0.3) is 0 Å². The fraction of sp³-hybridized carbons (Fsp3) is 0.125. The van der Waals surface area contributed by atoms with Gasteiger partial charge in [0, 0.05) is 39.1 Å². The van der Waals surface area contributed by atoms with Crippen molar-refractivity contribution in [2.75, 3.05) is 16.8 Å². The van der Waals surface area contributed by atoms with Gasteiger partial charge >= 0.3 is 11.9 Å². The van der Waals surface area contributed by atoms with Crippen LogP contribution in [0.4, 0.5) is 11.4 Å². The number of aromatic carboxylic acids is 2. The average molecular weight is 605 g/mol. The molecule has 0 unspecified atom stereocenters. The number of anilines is 2. The Morgan fingerprint density at radius 3 is 1.95 bits per heavy atom. The monoisotopic (exact) mass is 604 g/mol. The van der Waals surface area contributed by atoms with Crippen molar-refractivity contribution < 1.29 is 29.4 Å². The maximum Gasteiger partial charge on any atom is 0.335 e. The Bertz CT molecular complexity index is 1620. The quantitative estimate of drug-likeness (QED) is 0.221. The number of hydrogen-bond acceptors (Lipinski definition) is 4. The van der Waals surface area contributed by atoms with Gasteiger partial charge in [-0.25, -0.2) is 9.59 Å². The van der Waals surface area contributed by atoms with Gasteiger partial charge in [-0.2, -0.15) is 0 Å². The van der Waals surface area contributed by atoms with Gasteiger partial charge in [-0.3, -0.25) is 9.59 Å². The maximum absolute atomic E-state index is 13.0. The van der Waals surface area contributed by atoms with Gasteiger partial charge in [0.15, 0.2) is 0 Å². The fourth-order valence-electron chi connectivity index (χ4n) is 4.58. The SMILES string of the molecule is Cc1c(C(=O)O)cccc1C(=O)O.O=C(Nc1ccc(C(=O)N2CCCc3ccccc32)cc1)c1cc(Cl)cc(Cl)c1. The molecule has 0 bridgehead atoms. The highest BCUT2D eigenvalue weighted by Gasteiger charge is 2.23. The molecule has 4 aromatic rings. The number of nitrogens with one attached hydrogen (secondary N) is 1. The Kier molecular flexibility index (Phi) is 9.62. The molecule has 1 aliphatic rings. The molecule has 8 nitrogen and oxygen atoms in total. The maximum atomic E-state index is 13.0. The summed E-state index contributed by atoms with van der Waals surface area (Å²) in [5.41, 5.74) is 4.03. The fourth-order valence-corrected chi connectivity index (χ4v) is 5.11. The van der Waals surface area contributed by atoms with Crippen molar-refractivity contribution in [3.63, 3.8) is 0 Å². The minimum atomic E-state index is -1.11. The molecule has 2 amide bonds. The number of amides is 2. The van der Waals surface area contributed by atoms with E-state index >= 15 is 0 Å². The van der Waals surface area contributed by atoms with Crippen LogP contribution in [0.3, 0.4) is 0 Å². The molecule has 0 aromatic heterocycles. The first kappa shape index (κ1) is 30.3. The Morgan fingerprint density at radius 2 is 1.36 bits per heavy atom. The molecule has 1 aliphatic heterocycles. The molecule has 5 rings (SSSR count). The summed E-state index contributed by atoms with van der Waals surface area (Å²) in [5.74, 6) is -2.59. The summed E-state index contributed by atoms with van der Waals surface area (Å²) in [6.45, 7) is 2.18. The number of fused-ring (bicyclic) bond motifs is 1. The van der Waals surface area contributed by atoms with Crippen LogP contribution in [0.1, 0.15) is 59.0 Å². The molecule has 0 spiro atoms. The molecule has 0 saturated carbocycles. The number of carboxylic acids is 2. The second-order valence-corrected chi connectivity index (χ2v) is 10.3. The zero-order valence-corrected chi connectivity index (χ0v) is 23.9. The number of aryl methyl sites for hydroxylation is 1. The highest BCUT2D eigenvalue weighted by molar-refractivity contribution is 6.35. The first-order chi connectivity index (χ1) is 20.0. The molecular weight excluding hydrogens is 579 g/mol. The van der Waals surface area contributed by atoms with E-state index < -0.39 is 11.9 Å². The number of carbonyl (C=O) groups excluding carboxylic acids is 2. The van der Waals surface area contributed by atoms with Gasteiger partial charge in [-0.05, 0) is 91.6 Å². The first-order valence-corrected chi connectivity index (χ1v) is 13.6. The van der Waals surface area contributed by atoms with Crippen molar-refractivity contribution in [2.45, 2.75) is 19.8 Å². The van der Waals surface area contributed by atoms with E-state index in [9.17, 15) is 19.2 Å². The zero-order valence-electron chi connectivity index (χ0n) is 22.4. The van der Waals surface area contributed by atoms with Crippen molar-refractivity contribution in [1.82, 2.24) is 0 Å². The number of carbonyl (C=O) groups is 4. The Labute approximate surface area is 252 Å². The lowest BCUT2D eigenvalue weighted by atomic mass is 10.0. The van der Waals surface area contributed by atoms with Gasteiger partial charge < -0.3 is 20.4 Å². The smallest absolute Gasteiger partial charge is 0.335 e. The first-order valence-electron chi connectivity index (χ1n) is 12.9. The third-order valence-electron chi connectivity index (χ3n) is 6.66. The second kappa shape index (κ2) is 13.3. The van der Waals surface area contributed by atoms with E-state index in [1.54, 1.807) is 42.5 Å². The molecule has 0 atom stereocenters. The van der Waals surface area contributed by atoms with E-state index in [2.05, 4.69) is 11.4 Å². The molecule has 0 saturated heterocycles. The lowest BCUT2D eigenvalue weighted by Gasteiger charge is -2.29. The summed E-state index contributed by atoms with van der Waals surface area (Å²) in [7, 11) is 0. The normalized spacial score (nSPS) is 11.9. The van der Waals surface area contributed by atoms with Crippen molar-refractivity contribution in [1.29, 1.82) is 0 Å². The van der Waals surface area contributed by atoms with Crippen molar-refractivity contribution >= 4 is 58.3 Å². The van der Waals surface area contributed by atoms with Crippen molar-refractivity contribution in [3.8, 4) is 0 Å². The second-order valence-electron chi connectivity index (χ2n) is 9.47. The third kappa shape index (κ3) is 7.15. The van der Waals surface area contributed by atoms with Crippen LogP contribution >= 0.6 is 23.2 Å². The van der Waals surface area contributed by atoms with Crippen LogP contribution in [-0.2, 0) is 6.42 Å². The molecule has 0 aliphatic carbocycles. The molecule has 42 heavy (non-hydrogen) atoms. The average Bonchev–Trinajstić information content (AvgIpc) is 2.96. The highest BCUT2D eigenvalue weighted by Crippen LogP contribution is 2.28. The zero-order chi connectivity index (χ0) is 30.4. The van der Waals surface area contributed by atoms with Gasteiger partial charge in [-0.15, -0.1) is 0 Å². The van der Waals surface area contributed by atoms with E-state index in [0.717, 1.165) is 18.5 Å². The van der Waals surface area contributed by atoms with Crippen LogP contribution in [-0.4, -0.2) is 40.5 Å². The Balaban J connectivity index is 0.000000262. The van der Waals surface area contributed by atoms with E-state index in [-0.39, 0.29) is 28.5 Å². The molecule has 1 heterocycles. The molecule has 4 aromatic carbocycles. The van der Waals surface area contributed by atoms with Gasteiger partial charge in [0.25, 0.3) is 11.8 Å². The lowest BCUT2D eigenvalue weighted by Crippen LogP contribution is -2.35. The summed E-state index contributed by atoms with van der Waals surface area (Å²) in [4.78, 5) is 48.4. The third-order valence-corrected chi connectivity index (χ3v) is 7.10. The number of hydrogen-bond donors (Lipinski definition) is 3. The summed E-state index contributed by atoms with van der Waals surface area (Å²) < 4.78 is 0. The lowest BCUT2D eigenvalue weighted by molar-refractivity contribution is 0.0695. The molecule has 10 heteroatoms. The van der Waals surface area contributed by atoms with E-state index in [0.29, 0.717) is 33.4 Å². The van der Waals surface area contributed by atoms with Crippen LogP contribution in [0.15, 0.2) is 84.9 Å². The number of halogens is 2. The minimum absolute atomic E-state index is 0.0277. The standard InChI is InChI=1S/C23H18Cl2N2O2.C9H8O4/c24-18-12-17(13-19(25)14-18)22(28)26-20-9-7-16(8-10-20)23(29)27-11-3-5-15-4-1-2-6-21(15)27;1-5-6(8(10)11)3-2-4-7(5)9(12)13/h1-2,4,6-10,12-14H,3,5,11H2,(H,26,28);2-4H,1H3,(H,10,11)(H,12,13). The molecule has 0 radical (unpaired) electrons. The summed E-state index contributed by atoms with van der Waals surface area (Å²) >= 11 is 11.9. The minimum Gasteiger partial charge on any atom is -0.478 e. The Hall–Kier alpha value is -4.66. The van der Waals surface area contributed by atoms with Crippen LogP contribution in [0.5, 0.6) is 0 Å². The van der Waals surface area contributed by atoms with E-state index in [1.165, 1.54) is 30.7 Å². The molecular formula is C32H26Cl2N2O6. The van der Waals surface area contributed by atoms with E-state index in [4.69, 9.17) is 33.4 Å². The summed E-state index contributed by atoms with van der Waals surface area (Å²) in [6.07, 6.45) is 1.93. The highest BCUT2D eigenvalue weighted by atomic mass is 35.5. The van der Waals surface area contributed by atoms with Gasteiger partial charge in [-0.1, -0.05) is 47.5 Å². The predicted molar refractivity (Wildman–Crippen MR) is 162 cm³/mol. The predicted octanol–water partition coefficient (Wildman–Crippen LogP) is 7.23. The molecule has 214 valence electrons. The van der Waals surface area contributed by atoms with Crippen LogP contribution < -0.4 is 10.2 Å². The molecule has 0 fully saturated rings. The van der Waals surface area contributed by atoms with Crippen molar-refractivity contribution in [3.05, 3.63) is 128 Å². The molecule has 3 N–H and O–H groups in total. The van der Waals surface area contributed by atoms with Gasteiger partial charge in [0.1, 0.15) is 0 Å². The summed E-state index contributed by atoms with van der Waals surface area (Å²) in [5, 5.41) is 20.9. The number of para-hydroxylation sites is 1. The van der Waals surface area contributed by atoms with Gasteiger partial charge in [0.05, 0.1) is 11.1 Å². The number of rotatable bonds is 5. The largest absolute Gasteiger partial charge is 0.478 e. The summed E-state index contributed by atoms with van der Waals surface area (Å²) in [6, 6.07) is 23.7. The van der Waals surface area contributed by atoms with Crippen LogP contribution in [0, 0.1) is 6.92 Å².